The van der Waals surface area contributed by atoms with Crippen LogP contribution in [0.15, 0.2) is 36.4 Å². The van der Waals surface area contributed by atoms with Crippen molar-refractivity contribution in [3.63, 3.8) is 0 Å². The van der Waals surface area contributed by atoms with Gasteiger partial charge in [-0.25, -0.2) is 13.6 Å². The minimum atomic E-state index is -1.12. The van der Waals surface area contributed by atoms with Crippen LogP contribution in [0, 0.1) is 11.6 Å². The first-order valence-electron chi connectivity index (χ1n) is 5.78. The van der Waals surface area contributed by atoms with Gasteiger partial charge in [-0.3, -0.25) is 0 Å². The molecule has 0 heterocycles. The zero-order chi connectivity index (χ0) is 14.7. The summed E-state index contributed by atoms with van der Waals surface area (Å²) in [6, 6.07) is 7.48. The van der Waals surface area contributed by atoms with Gasteiger partial charge in [0.15, 0.2) is 0 Å². The van der Waals surface area contributed by atoms with Crippen LogP contribution < -0.4 is 11.1 Å². The monoisotopic (exact) mass is 278 g/mol. The molecular formula is C14H12F2N2O2. The number of carboxylic acid groups (broad SMARTS) is 1. The molecule has 4 nitrogen and oxygen atoms in total. The van der Waals surface area contributed by atoms with Gasteiger partial charge < -0.3 is 16.2 Å². The second-order valence-electron chi connectivity index (χ2n) is 4.20. The molecule has 2 aromatic rings. The molecule has 6 heteroatoms. The van der Waals surface area contributed by atoms with Crippen molar-refractivity contribution >= 4 is 17.3 Å². The normalized spacial score (nSPS) is 10.3. The van der Waals surface area contributed by atoms with E-state index in [4.69, 9.17) is 10.8 Å². The Morgan fingerprint density at radius 1 is 1.20 bits per heavy atom. The molecule has 0 saturated heterocycles. The van der Waals surface area contributed by atoms with E-state index in [1.54, 1.807) is 0 Å². The van der Waals surface area contributed by atoms with Gasteiger partial charge in [0.05, 0.1) is 5.56 Å². The second-order valence-corrected chi connectivity index (χ2v) is 4.20. The number of benzene rings is 2. The molecule has 0 amide bonds. The predicted octanol–water partition coefficient (Wildman–Crippen LogP) is 2.86. The molecule has 0 spiro atoms. The Hall–Kier alpha value is -2.63. The Kier molecular flexibility index (Phi) is 3.84. The molecule has 2 aromatic carbocycles. The highest BCUT2D eigenvalue weighted by atomic mass is 19.1. The molecule has 0 saturated carbocycles. The van der Waals surface area contributed by atoms with E-state index in [-0.39, 0.29) is 23.4 Å². The molecule has 0 aromatic heterocycles. The van der Waals surface area contributed by atoms with Crippen molar-refractivity contribution in [1.29, 1.82) is 0 Å². The highest BCUT2D eigenvalue weighted by Gasteiger charge is 2.08. The van der Waals surface area contributed by atoms with Crippen molar-refractivity contribution < 1.29 is 18.7 Å². The summed E-state index contributed by atoms with van der Waals surface area (Å²) in [5.41, 5.74) is 6.38. The molecule has 2 rings (SSSR count). The average molecular weight is 278 g/mol. The fraction of sp³-hybridized carbons (Fsp3) is 0.0714. The molecule has 0 aliphatic rings. The van der Waals surface area contributed by atoms with Crippen LogP contribution in [-0.2, 0) is 6.54 Å². The van der Waals surface area contributed by atoms with Crippen molar-refractivity contribution in [2.24, 2.45) is 0 Å². The Bertz CT molecular complexity index is 660. The maximum absolute atomic E-state index is 13.4. The first-order valence-corrected chi connectivity index (χ1v) is 5.78. The van der Waals surface area contributed by atoms with E-state index in [2.05, 4.69) is 5.32 Å². The minimum Gasteiger partial charge on any atom is -0.478 e. The van der Waals surface area contributed by atoms with Crippen molar-refractivity contribution in [3.05, 3.63) is 59.2 Å². The second kappa shape index (κ2) is 5.56. The lowest BCUT2D eigenvalue weighted by Crippen LogP contribution is -2.05. The highest BCUT2D eigenvalue weighted by Crippen LogP contribution is 2.19. The topological polar surface area (TPSA) is 75.3 Å². The zero-order valence-electron chi connectivity index (χ0n) is 10.4. The van der Waals surface area contributed by atoms with Crippen LogP contribution in [0.3, 0.4) is 0 Å². The molecule has 0 bridgehead atoms. The van der Waals surface area contributed by atoms with Gasteiger partial charge in [0.1, 0.15) is 11.6 Å². The van der Waals surface area contributed by atoms with E-state index < -0.39 is 17.6 Å². The van der Waals surface area contributed by atoms with Gasteiger partial charge in [-0.05, 0) is 36.4 Å². The minimum absolute atomic E-state index is 0.00696. The van der Waals surface area contributed by atoms with Crippen LogP contribution >= 0.6 is 0 Å². The summed E-state index contributed by atoms with van der Waals surface area (Å²) in [5, 5.41) is 11.7. The number of hydrogen-bond acceptors (Lipinski definition) is 3. The van der Waals surface area contributed by atoms with Gasteiger partial charge in [-0.2, -0.15) is 0 Å². The predicted molar refractivity (Wildman–Crippen MR) is 71.5 cm³/mol. The molecule has 0 fully saturated rings. The van der Waals surface area contributed by atoms with Gasteiger partial charge in [0.2, 0.25) is 0 Å². The summed E-state index contributed by atoms with van der Waals surface area (Å²) < 4.78 is 26.4. The van der Waals surface area contributed by atoms with E-state index in [1.165, 1.54) is 18.2 Å². The van der Waals surface area contributed by atoms with E-state index >= 15 is 0 Å². The molecule has 0 aliphatic heterocycles. The molecule has 0 aliphatic carbocycles. The SMILES string of the molecule is Nc1cc(NCc2cc(F)ccc2F)ccc1C(=O)O. The number of anilines is 2. The van der Waals surface area contributed by atoms with Crippen LogP contribution in [0.2, 0.25) is 0 Å². The summed E-state index contributed by atoms with van der Waals surface area (Å²) >= 11 is 0. The van der Waals surface area contributed by atoms with Crippen molar-refractivity contribution in [2.45, 2.75) is 6.54 Å². The smallest absolute Gasteiger partial charge is 0.337 e. The maximum atomic E-state index is 13.4. The Balaban J connectivity index is 2.13. The third-order valence-electron chi connectivity index (χ3n) is 2.77. The fourth-order valence-electron chi connectivity index (χ4n) is 1.74. The number of carboxylic acids is 1. The average Bonchev–Trinajstić information content (AvgIpc) is 2.39. The third-order valence-corrected chi connectivity index (χ3v) is 2.77. The van der Waals surface area contributed by atoms with Crippen LogP contribution in [0.1, 0.15) is 15.9 Å². The summed E-state index contributed by atoms with van der Waals surface area (Å²) in [6.07, 6.45) is 0. The van der Waals surface area contributed by atoms with Crippen LogP contribution in [-0.4, -0.2) is 11.1 Å². The number of carbonyl (C=O) groups is 1. The van der Waals surface area contributed by atoms with Crippen molar-refractivity contribution in [1.82, 2.24) is 0 Å². The lowest BCUT2D eigenvalue weighted by atomic mass is 10.1. The third kappa shape index (κ3) is 3.03. The van der Waals surface area contributed by atoms with Gasteiger partial charge in [-0.15, -0.1) is 0 Å². The number of halogens is 2. The van der Waals surface area contributed by atoms with E-state index in [1.807, 2.05) is 0 Å². The molecule has 0 atom stereocenters. The van der Waals surface area contributed by atoms with Crippen LogP contribution in [0.4, 0.5) is 20.2 Å². The summed E-state index contributed by atoms with van der Waals surface area (Å²) in [6.45, 7) is 0.0649. The lowest BCUT2D eigenvalue weighted by Gasteiger charge is -2.09. The standard InChI is InChI=1S/C14H12F2N2O2/c15-9-1-4-12(16)8(5-9)7-18-10-2-3-11(14(19)20)13(17)6-10/h1-6,18H,7,17H2,(H,19,20). The number of rotatable bonds is 4. The van der Waals surface area contributed by atoms with Crippen LogP contribution in [0.25, 0.3) is 0 Å². The summed E-state index contributed by atoms with van der Waals surface area (Å²) in [5.74, 6) is -2.16. The van der Waals surface area contributed by atoms with Gasteiger partial charge >= 0.3 is 5.97 Å². The molecule has 4 N–H and O–H groups in total. The quantitative estimate of drug-likeness (QED) is 0.752. The van der Waals surface area contributed by atoms with Crippen LogP contribution in [0.5, 0.6) is 0 Å². The van der Waals surface area contributed by atoms with Gasteiger partial charge in [0.25, 0.3) is 0 Å². The van der Waals surface area contributed by atoms with Crippen molar-refractivity contribution in [2.75, 3.05) is 11.1 Å². The first-order chi connectivity index (χ1) is 9.47. The molecule has 0 unspecified atom stereocenters. The van der Waals surface area contributed by atoms with Gasteiger partial charge in [-0.1, -0.05) is 0 Å². The Labute approximate surface area is 113 Å². The van der Waals surface area contributed by atoms with E-state index in [0.717, 1.165) is 18.2 Å². The molecular weight excluding hydrogens is 266 g/mol. The Morgan fingerprint density at radius 2 is 1.95 bits per heavy atom. The Morgan fingerprint density at radius 3 is 2.60 bits per heavy atom. The molecule has 20 heavy (non-hydrogen) atoms. The number of nitrogen functional groups attached to an aromatic ring is 1. The van der Waals surface area contributed by atoms with E-state index in [9.17, 15) is 13.6 Å². The number of nitrogens with two attached hydrogens (primary N) is 1. The molecule has 0 radical (unpaired) electrons. The number of hydrogen-bond donors (Lipinski definition) is 3. The maximum Gasteiger partial charge on any atom is 0.337 e. The number of nitrogens with one attached hydrogen (secondary N) is 1. The highest BCUT2D eigenvalue weighted by molar-refractivity contribution is 5.94. The molecule has 104 valence electrons. The first kappa shape index (κ1) is 13.8. The number of aromatic carboxylic acids is 1. The fourth-order valence-corrected chi connectivity index (χ4v) is 1.74. The van der Waals surface area contributed by atoms with E-state index in [0.29, 0.717) is 5.69 Å². The summed E-state index contributed by atoms with van der Waals surface area (Å²) in [7, 11) is 0. The van der Waals surface area contributed by atoms with Gasteiger partial charge in [0, 0.05) is 23.5 Å². The van der Waals surface area contributed by atoms with Crippen molar-refractivity contribution in [3.8, 4) is 0 Å². The zero-order valence-corrected chi connectivity index (χ0v) is 10.4. The largest absolute Gasteiger partial charge is 0.478 e. The summed E-state index contributed by atoms with van der Waals surface area (Å²) in [4.78, 5) is 10.8. The lowest BCUT2D eigenvalue weighted by molar-refractivity contribution is 0.0698.